The predicted molar refractivity (Wildman–Crippen MR) is 187 cm³/mol. The quantitative estimate of drug-likeness (QED) is 0.0850. The summed E-state index contributed by atoms with van der Waals surface area (Å²) < 4.78 is 22.8. The number of benzene rings is 3. The van der Waals surface area contributed by atoms with E-state index in [-0.39, 0.29) is 25.7 Å². The lowest BCUT2D eigenvalue weighted by Crippen LogP contribution is -2.55. The van der Waals surface area contributed by atoms with Gasteiger partial charge in [-0.2, -0.15) is 0 Å². The van der Waals surface area contributed by atoms with Crippen molar-refractivity contribution in [2.75, 3.05) is 0 Å². The number of carbonyl (C=O) groups is 4. The van der Waals surface area contributed by atoms with Crippen molar-refractivity contribution in [2.24, 2.45) is 0 Å². The lowest BCUT2D eigenvalue weighted by atomic mass is 10.00. The van der Waals surface area contributed by atoms with E-state index >= 15 is 0 Å². The highest BCUT2D eigenvalue weighted by atomic mass is 16.7. The molecule has 0 bridgehead atoms. The van der Waals surface area contributed by atoms with Gasteiger partial charge < -0.3 is 39.0 Å². The van der Waals surface area contributed by atoms with Gasteiger partial charge in [0.1, 0.15) is 6.10 Å². The standard InChI is InChI=1S/C39H37N3O9/c43-33(16-13-23-20-40-29-10-4-1-7-26(23)29)48-32-19-36(49-34(44)17-14-24-21-41-30-11-5-2-8-27(24)30)51-38(39(46)47)37(32)50-35(45)18-15-25-22-42-31-12-6-3-9-28(25)31/h1-12,20-22,32,36-38,40-42H,13-19H2,(H,46,47)/t32-,36-,37+,38+/m1/s1. The van der Waals surface area contributed by atoms with Crippen LogP contribution in [0.15, 0.2) is 91.4 Å². The highest BCUT2D eigenvalue weighted by molar-refractivity contribution is 5.85. The lowest BCUT2D eigenvalue weighted by Gasteiger charge is -2.38. The number of hydrogen-bond donors (Lipinski definition) is 4. The summed E-state index contributed by atoms with van der Waals surface area (Å²) in [5.74, 6) is -3.38. The third-order valence-corrected chi connectivity index (χ3v) is 9.26. The molecule has 6 aromatic rings. The summed E-state index contributed by atoms with van der Waals surface area (Å²) in [6, 6.07) is 23.1. The first-order valence-electron chi connectivity index (χ1n) is 16.9. The van der Waals surface area contributed by atoms with Gasteiger partial charge in [0.2, 0.25) is 6.29 Å². The first kappa shape index (κ1) is 33.6. The molecule has 12 nitrogen and oxygen atoms in total. The fourth-order valence-electron chi connectivity index (χ4n) is 6.71. The Labute approximate surface area is 292 Å². The minimum Gasteiger partial charge on any atom is -0.479 e. The SMILES string of the molecule is O=C(CCc1c[nH]c2ccccc12)O[C@H]1C[C@@H](OC(=O)CCc2c[nH]c3ccccc23)[C@H](OC(=O)CCc2c[nH]c3ccccc23)[C@@H](C(=O)O)O1. The number of esters is 3. The van der Waals surface area contributed by atoms with Crippen LogP contribution in [0, 0.1) is 0 Å². The molecular weight excluding hydrogens is 654 g/mol. The van der Waals surface area contributed by atoms with E-state index in [1.807, 2.05) is 91.4 Å². The number of aromatic nitrogens is 3. The average molecular weight is 692 g/mol. The summed E-state index contributed by atoms with van der Waals surface area (Å²) in [5.41, 5.74) is 5.55. The van der Waals surface area contributed by atoms with E-state index in [4.69, 9.17) is 18.9 Å². The second kappa shape index (κ2) is 14.9. The number of aryl methyl sites for hydroxylation is 3. The van der Waals surface area contributed by atoms with Crippen LogP contribution in [-0.2, 0) is 57.4 Å². The second-order valence-corrected chi connectivity index (χ2v) is 12.6. The zero-order chi connectivity index (χ0) is 35.3. The largest absolute Gasteiger partial charge is 0.479 e. The highest BCUT2D eigenvalue weighted by Crippen LogP contribution is 2.29. The Morgan fingerprint density at radius 1 is 0.608 bits per heavy atom. The van der Waals surface area contributed by atoms with Crippen LogP contribution < -0.4 is 0 Å². The molecular formula is C39H37N3O9. The maximum Gasteiger partial charge on any atom is 0.337 e. The van der Waals surface area contributed by atoms with Crippen molar-refractivity contribution in [1.29, 1.82) is 0 Å². The van der Waals surface area contributed by atoms with Crippen LogP contribution >= 0.6 is 0 Å². The summed E-state index contributed by atoms with van der Waals surface area (Å²) in [4.78, 5) is 61.4. The van der Waals surface area contributed by atoms with Gasteiger partial charge in [-0.1, -0.05) is 54.6 Å². The van der Waals surface area contributed by atoms with Gasteiger partial charge in [-0.3, -0.25) is 14.4 Å². The first-order chi connectivity index (χ1) is 24.8. The van der Waals surface area contributed by atoms with E-state index < -0.39 is 48.5 Å². The maximum absolute atomic E-state index is 13.3. The second-order valence-electron chi connectivity index (χ2n) is 12.6. The molecule has 51 heavy (non-hydrogen) atoms. The van der Waals surface area contributed by atoms with Crippen molar-refractivity contribution in [3.05, 3.63) is 108 Å². The molecule has 0 spiro atoms. The topological polar surface area (TPSA) is 173 Å². The Balaban J connectivity index is 1.03. The third-order valence-electron chi connectivity index (χ3n) is 9.26. The highest BCUT2D eigenvalue weighted by Gasteiger charge is 2.48. The maximum atomic E-state index is 13.3. The molecule has 0 radical (unpaired) electrons. The van der Waals surface area contributed by atoms with Crippen LogP contribution in [0.1, 0.15) is 42.4 Å². The van der Waals surface area contributed by atoms with E-state index in [2.05, 4.69) is 15.0 Å². The van der Waals surface area contributed by atoms with Crippen LogP contribution in [-0.4, -0.2) is 68.5 Å². The molecule has 3 aromatic heterocycles. The molecule has 4 N–H and O–H groups in total. The fraction of sp³-hybridized carbons (Fsp3) is 0.282. The van der Waals surface area contributed by atoms with Crippen molar-refractivity contribution in [3.63, 3.8) is 0 Å². The molecule has 0 saturated carbocycles. The van der Waals surface area contributed by atoms with Gasteiger partial charge in [0.15, 0.2) is 12.2 Å². The summed E-state index contributed by atoms with van der Waals surface area (Å²) in [6.07, 6.45) is 0.412. The van der Waals surface area contributed by atoms with Crippen molar-refractivity contribution in [3.8, 4) is 0 Å². The first-order valence-corrected chi connectivity index (χ1v) is 16.9. The van der Waals surface area contributed by atoms with Gasteiger partial charge in [-0.15, -0.1) is 0 Å². The molecule has 0 aliphatic carbocycles. The van der Waals surface area contributed by atoms with Crippen LogP contribution in [0.4, 0.5) is 0 Å². The molecule has 12 heteroatoms. The van der Waals surface area contributed by atoms with Gasteiger partial charge in [0.05, 0.1) is 6.42 Å². The van der Waals surface area contributed by atoms with E-state index in [1.54, 1.807) is 0 Å². The molecule has 262 valence electrons. The van der Waals surface area contributed by atoms with Crippen molar-refractivity contribution < 1.29 is 43.2 Å². The van der Waals surface area contributed by atoms with Gasteiger partial charge in [-0.25, -0.2) is 4.79 Å². The van der Waals surface area contributed by atoms with Crippen molar-refractivity contribution in [2.45, 2.75) is 69.5 Å². The van der Waals surface area contributed by atoms with E-state index in [0.717, 1.165) is 49.4 Å². The molecule has 0 unspecified atom stereocenters. The summed E-state index contributed by atoms with van der Waals surface area (Å²) >= 11 is 0. The Morgan fingerprint density at radius 3 is 1.47 bits per heavy atom. The normalized spacial score (nSPS) is 18.9. The zero-order valence-corrected chi connectivity index (χ0v) is 27.6. The summed E-state index contributed by atoms with van der Waals surface area (Å²) in [6.45, 7) is 0. The molecule has 1 saturated heterocycles. The minimum atomic E-state index is -1.76. The number of para-hydroxylation sites is 3. The Morgan fingerprint density at radius 2 is 1.02 bits per heavy atom. The average Bonchev–Trinajstić information content (AvgIpc) is 3.87. The van der Waals surface area contributed by atoms with Crippen LogP contribution in [0.5, 0.6) is 0 Å². The number of carboxylic acid groups (broad SMARTS) is 1. The molecule has 1 aliphatic heterocycles. The van der Waals surface area contributed by atoms with E-state index in [1.165, 1.54) is 0 Å². The number of rotatable bonds is 13. The number of H-pyrrole nitrogens is 3. The van der Waals surface area contributed by atoms with E-state index in [0.29, 0.717) is 19.3 Å². The van der Waals surface area contributed by atoms with Crippen LogP contribution in [0.3, 0.4) is 0 Å². The molecule has 1 aliphatic rings. The fourth-order valence-corrected chi connectivity index (χ4v) is 6.71. The Bertz CT molecular complexity index is 2200. The molecule has 7 rings (SSSR count). The number of aromatic amines is 3. The number of carbonyl (C=O) groups excluding carboxylic acids is 3. The Hall–Kier alpha value is -5.88. The summed E-state index contributed by atoms with van der Waals surface area (Å²) in [7, 11) is 0. The molecule has 4 heterocycles. The number of hydrogen-bond acceptors (Lipinski definition) is 8. The molecule has 1 fully saturated rings. The Kier molecular flexibility index (Phi) is 9.84. The lowest BCUT2D eigenvalue weighted by molar-refractivity contribution is -0.256. The third kappa shape index (κ3) is 7.65. The van der Waals surface area contributed by atoms with Gasteiger partial charge in [0, 0.05) is 70.6 Å². The van der Waals surface area contributed by atoms with Gasteiger partial charge in [0.25, 0.3) is 0 Å². The monoisotopic (exact) mass is 691 g/mol. The molecule has 0 amide bonds. The smallest absolute Gasteiger partial charge is 0.337 e. The van der Waals surface area contributed by atoms with Gasteiger partial charge in [-0.05, 0) is 54.2 Å². The van der Waals surface area contributed by atoms with Crippen LogP contribution in [0.25, 0.3) is 32.7 Å². The molecule has 4 atom stereocenters. The van der Waals surface area contributed by atoms with Gasteiger partial charge >= 0.3 is 23.9 Å². The van der Waals surface area contributed by atoms with E-state index in [9.17, 15) is 24.3 Å². The van der Waals surface area contributed by atoms with Crippen molar-refractivity contribution in [1.82, 2.24) is 15.0 Å². The van der Waals surface area contributed by atoms with Crippen LogP contribution in [0.2, 0.25) is 0 Å². The number of nitrogens with one attached hydrogen (secondary N) is 3. The zero-order valence-electron chi connectivity index (χ0n) is 27.6. The number of carboxylic acids is 1. The minimum absolute atomic E-state index is 0.000766. The van der Waals surface area contributed by atoms with Crippen molar-refractivity contribution >= 4 is 56.6 Å². The number of aliphatic carboxylic acids is 1. The predicted octanol–water partition coefficient (Wildman–Crippen LogP) is 5.90. The number of ether oxygens (including phenoxy) is 4. The summed E-state index contributed by atoms with van der Waals surface area (Å²) in [5, 5.41) is 13.1. The number of fused-ring (bicyclic) bond motifs is 3. The molecule has 3 aromatic carbocycles.